The van der Waals surface area contributed by atoms with Crippen molar-refractivity contribution in [1.82, 2.24) is 14.9 Å². The fourth-order valence-electron chi connectivity index (χ4n) is 2.89. The number of nitrogens with zero attached hydrogens (tertiary/aromatic N) is 3. The molecule has 1 N–H and O–H groups in total. The molecule has 1 unspecified atom stereocenters. The van der Waals surface area contributed by atoms with Gasteiger partial charge in [0, 0.05) is 31.3 Å². The molecule has 1 atom stereocenters. The van der Waals surface area contributed by atoms with Crippen molar-refractivity contribution >= 4 is 5.91 Å². The summed E-state index contributed by atoms with van der Waals surface area (Å²) in [6.45, 7) is 0.742. The smallest absolute Gasteiger partial charge is 0.352 e. The Kier molecular flexibility index (Phi) is 4.49. The van der Waals surface area contributed by atoms with Gasteiger partial charge in [-0.25, -0.2) is 4.98 Å². The molecule has 1 amide bonds. The minimum Gasteiger partial charge on any atom is -0.352 e. The predicted molar refractivity (Wildman–Crippen MR) is 82.5 cm³/mol. The molecule has 0 aliphatic carbocycles. The number of fused-ring (bicyclic) bond motifs is 1. The molecule has 0 radical (unpaired) electrons. The van der Waals surface area contributed by atoms with Gasteiger partial charge in [-0.3, -0.25) is 4.79 Å². The van der Waals surface area contributed by atoms with Crippen LogP contribution in [-0.2, 0) is 19.1 Å². The normalized spacial score (nSPS) is 16.8. The molecule has 0 saturated carbocycles. The lowest BCUT2D eigenvalue weighted by atomic mass is 9.99. The number of halogens is 3. The second-order valence-corrected chi connectivity index (χ2v) is 6.00. The average molecular weight is 348 g/mol. The van der Waals surface area contributed by atoms with Crippen LogP contribution in [0.4, 0.5) is 13.2 Å². The fraction of sp³-hybridized carbons (Fsp3) is 0.353. The van der Waals surface area contributed by atoms with Gasteiger partial charge in [-0.15, -0.1) is 0 Å². The van der Waals surface area contributed by atoms with Crippen LogP contribution in [0.25, 0.3) is 0 Å². The van der Waals surface area contributed by atoms with Crippen LogP contribution in [0, 0.1) is 17.2 Å². The Bertz CT molecular complexity index is 835. The average Bonchev–Trinajstić information content (AvgIpc) is 3.03. The molecule has 0 spiro atoms. The highest BCUT2D eigenvalue weighted by molar-refractivity contribution is 5.94. The second kappa shape index (κ2) is 6.59. The van der Waals surface area contributed by atoms with Crippen molar-refractivity contribution in [2.24, 2.45) is 5.92 Å². The van der Waals surface area contributed by atoms with Gasteiger partial charge in [0.1, 0.15) is 5.82 Å². The number of aromatic nitrogens is 2. The van der Waals surface area contributed by atoms with E-state index in [1.165, 1.54) is 10.6 Å². The zero-order valence-corrected chi connectivity index (χ0v) is 13.2. The molecule has 0 bridgehead atoms. The van der Waals surface area contributed by atoms with Crippen molar-refractivity contribution in [3.05, 3.63) is 53.1 Å². The maximum atomic E-state index is 12.7. The number of carbonyl (C=O) groups excluding carboxylic acids is 1. The number of aryl methyl sites for hydroxylation is 1. The molecule has 8 heteroatoms. The zero-order chi connectivity index (χ0) is 18.0. The highest BCUT2D eigenvalue weighted by Crippen LogP contribution is 2.30. The second-order valence-electron chi connectivity index (χ2n) is 6.00. The van der Waals surface area contributed by atoms with Gasteiger partial charge in [-0.05, 0) is 30.5 Å². The van der Waals surface area contributed by atoms with Gasteiger partial charge in [0.25, 0.3) is 5.91 Å². The monoisotopic (exact) mass is 348 g/mol. The Morgan fingerprint density at radius 1 is 1.44 bits per heavy atom. The first-order valence-corrected chi connectivity index (χ1v) is 7.78. The number of hydrogen-bond acceptors (Lipinski definition) is 3. The zero-order valence-electron chi connectivity index (χ0n) is 13.2. The molecule has 0 saturated heterocycles. The van der Waals surface area contributed by atoms with Gasteiger partial charge in [-0.1, -0.05) is 6.07 Å². The minimum atomic E-state index is -4.44. The van der Waals surface area contributed by atoms with Gasteiger partial charge in [0.2, 0.25) is 0 Å². The van der Waals surface area contributed by atoms with Crippen LogP contribution >= 0.6 is 0 Å². The number of alkyl halides is 3. The molecule has 3 rings (SSSR count). The van der Waals surface area contributed by atoms with E-state index in [9.17, 15) is 18.0 Å². The Labute approximate surface area is 142 Å². The molecule has 1 aromatic heterocycles. The molecule has 1 aromatic carbocycles. The first-order chi connectivity index (χ1) is 11.9. The molecule has 130 valence electrons. The van der Waals surface area contributed by atoms with E-state index >= 15 is 0 Å². The van der Waals surface area contributed by atoms with Crippen molar-refractivity contribution in [2.75, 3.05) is 6.54 Å². The maximum Gasteiger partial charge on any atom is 0.434 e. The van der Waals surface area contributed by atoms with E-state index in [2.05, 4.69) is 10.3 Å². The van der Waals surface area contributed by atoms with Crippen molar-refractivity contribution in [1.29, 1.82) is 5.26 Å². The molecule has 1 aliphatic rings. The van der Waals surface area contributed by atoms with Crippen LogP contribution in [0.3, 0.4) is 0 Å². The SMILES string of the molecule is N#Cc1cccc(C(=O)NCC2CCc3nc(C(F)(F)F)cn3C2)c1. The van der Waals surface area contributed by atoms with E-state index in [1.807, 2.05) is 6.07 Å². The van der Waals surface area contributed by atoms with Gasteiger partial charge >= 0.3 is 6.18 Å². The third kappa shape index (κ3) is 3.82. The summed E-state index contributed by atoms with van der Waals surface area (Å²) in [5, 5.41) is 11.6. The first kappa shape index (κ1) is 17.0. The summed E-state index contributed by atoms with van der Waals surface area (Å²) in [6, 6.07) is 8.32. The highest BCUT2D eigenvalue weighted by atomic mass is 19.4. The number of nitriles is 1. The molecule has 0 fully saturated rings. The third-order valence-electron chi connectivity index (χ3n) is 4.19. The van der Waals surface area contributed by atoms with Crippen LogP contribution in [-0.4, -0.2) is 22.0 Å². The van der Waals surface area contributed by atoms with Crippen LogP contribution in [0.1, 0.15) is 33.9 Å². The van der Waals surface area contributed by atoms with Crippen LogP contribution in [0.5, 0.6) is 0 Å². The number of hydrogen-bond donors (Lipinski definition) is 1. The van der Waals surface area contributed by atoms with E-state index in [0.29, 0.717) is 42.9 Å². The third-order valence-corrected chi connectivity index (χ3v) is 4.19. The number of imidazole rings is 1. The Balaban J connectivity index is 1.61. The number of nitrogens with one attached hydrogen (secondary N) is 1. The molecule has 25 heavy (non-hydrogen) atoms. The van der Waals surface area contributed by atoms with Crippen molar-refractivity contribution in [2.45, 2.75) is 25.6 Å². The highest BCUT2D eigenvalue weighted by Gasteiger charge is 2.35. The Morgan fingerprint density at radius 3 is 2.96 bits per heavy atom. The minimum absolute atomic E-state index is 0.0332. The van der Waals surface area contributed by atoms with Crippen LogP contribution < -0.4 is 5.32 Å². The van der Waals surface area contributed by atoms with Crippen LogP contribution in [0.15, 0.2) is 30.5 Å². The summed E-state index contributed by atoms with van der Waals surface area (Å²) in [7, 11) is 0. The lowest BCUT2D eigenvalue weighted by molar-refractivity contribution is -0.141. The Hall–Kier alpha value is -2.82. The van der Waals surface area contributed by atoms with Crippen molar-refractivity contribution < 1.29 is 18.0 Å². The fourth-order valence-corrected chi connectivity index (χ4v) is 2.89. The number of carbonyl (C=O) groups is 1. The Morgan fingerprint density at radius 2 is 2.24 bits per heavy atom. The van der Waals surface area contributed by atoms with E-state index in [-0.39, 0.29) is 11.8 Å². The van der Waals surface area contributed by atoms with Gasteiger partial charge in [0.15, 0.2) is 5.69 Å². The molecule has 5 nitrogen and oxygen atoms in total. The lowest BCUT2D eigenvalue weighted by Crippen LogP contribution is -2.33. The molecule has 1 aliphatic heterocycles. The molecular weight excluding hydrogens is 333 g/mol. The van der Waals surface area contributed by atoms with E-state index < -0.39 is 11.9 Å². The molecule has 2 heterocycles. The van der Waals surface area contributed by atoms with Gasteiger partial charge in [-0.2, -0.15) is 18.4 Å². The molecular formula is C17H15F3N4O. The standard InChI is InChI=1S/C17H15F3N4O/c18-17(19,20)14-10-24-9-12(4-5-15(24)23-14)8-22-16(25)13-3-1-2-11(6-13)7-21/h1-3,6,10,12H,4-5,8-9H2,(H,22,25). The summed E-state index contributed by atoms with van der Waals surface area (Å²) in [5.41, 5.74) is -0.0916. The van der Waals surface area contributed by atoms with E-state index in [0.717, 1.165) is 6.20 Å². The van der Waals surface area contributed by atoms with Crippen molar-refractivity contribution in [3.8, 4) is 6.07 Å². The summed E-state index contributed by atoms with van der Waals surface area (Å²) < 4.78 is 39.7. The number of benzene rings is 1. The predicted octanol–water partition coefficient (Wildman–Crippen LogP) is 2.77. The topological polar surface area (TPSA) is 70.7 Å². The van der Waals surface area contributed by atoms with Gasteiger partial charge in [0.05, 0.1) is 11.6 Å². The summed E-state index contributed by atoms with van der Waals surface area (Å²) >= 11 is 0. The lowest BCUT2D eigenvalue weighted by Gasteiger charge is -2.23. The van der Waals surface area contributed by atoms with Crippen LogP contribution in [0.2, 0.25) is 0 Å². The quantitative estimate of drug-likeness (QED) is 0.927. The summed E-state index contributed by atoms with van der Waals surface area (Å²) in [5.74, 6) is 0.159. The largest absolute Gasteiger partial charge is 0.434 e. The first-order valence-electron chi connectivity index (χ1n) is 7.78. The maximum absolute atomic E-state index is 12.7. The summed E-state index contributed by atoms with van der Waals surface area (Å²) in [4.78, 5) is 15.8. The molecule has 2 aromatic rings. The van der Waals surface area contributed by atoms with E-state index in [4.69, 9.17) is 5.26 Å². The number of amides is 1. The summed E-state index contributed by atoms with van der Waals surface area (Å²) in [6.07, 6.45) is -2.31. The van der Waals surface area contributed by atoms with E-state index in [1.54, 1.807) is 18.2 Å². The number of rotatable bonds is 3. The van der Waals surface area contributed by atoms with Gasteiger partial charge < -0.3 is 9.88 Å². The van der Waals surface area contributed by atoms with Crippen molar-refractivity contribution in [3.63, 3.8) is 0 Å².